The third kappa shape index (κ3) is 4.14. The van der Waals surface area contributed by atoms with Crippen molar-refractivity contribution < 1.29 is 9.59 Å². The third-order valence-corrected chi connectivity index (χ3v) is 4.07. The van der Waals surface area contributed by atoms with Crippen LogP contribution in [0, 0.1) is 13.8 Å². The lowest BCUT2D eigenvalue weighted by Gasteiger charge is -2.15. The SMILES string of the molecule is Cc1cc(C)n(-c2ccc(NC(=O)N[C@H]3CCCCNC3=O)cn2)n1. The second-order valence-corrected chi connectivity index (χ2v) is 6.18. The molecule has 2 aromatic rings. The summed E-state index contributed by atoms with van der Waals surface area (Å²) in [6.45, 7) is 4.54. The summed E-state index contributed by atoms with van der Waals surface area (Å²) in [7, 11) is 0. The van der Waals surface area contributed by atoms with Crippen molar-refractivity contribution in [2.45, 2.75) is 39.2 Å². The van der Waals surface area contributed by atoms with Crippen LogP contribution in [0.4, 0.5) is 10.5 Å². The molecule has 0 saturated carbocycles. The van der Waals surface area contributed by atoms with Crippen LogP contribution in [-0.4, -0.2) is 39.3 Å². The highest BCUT2D eigenvalue weighted by Gasteiger charge is 2.22. The summed E-state index contributed by atoms with van der Waals surface area (Å²) in [5.74, 6) is 0.547. The first-order valence-corrected chi connectivity index (χ1v) is 8.38. The summed E-state index contributed by atoms with van der Waals surface area (Å²) < 4.78 is 1.75. The van der Waals surface area contributed by atoms with Gasteiger partial charge in [0.15, 0.2) is 5.82 Å². The zero-order chi connectivity index (χ0) is 17.8. The largest absolute Gasteiger partial charge is 0.354 e. The Labute approximate surface area is 146 Å². The molecule has 1 aliphatic rings. The molecule has 1 fully saturated rings. The molecule has 25 heavy (non-hydrogen) atoms. The van der Waals surface area contributed by atoms with Crippen molar-refractivity contribution in [3.63, 3.8) is 0 Å². The first-order chi connectivity index (χ1) is 12.0. The molecule has 8 heteroatoms. The first-order valence-electron chi connectivity index (χ1n) is 8.38. The standard InChI is InChI=1S/C17H22N6O2/c1-11-9-12(2)23(22-11)15-7-6-13(10-19-15)20-17(25)21-14-5-3-4-8-18-16(14)24/h6-7,9-10,14H,3-5,8H2,1-2H3,(H,18,24)(H2,20,21,25)/t14-/m0/s1. The maximum Gasteiger partial charge on any atom is 0.319 e. The molecule has 1 aliphatic heterocycles. The fourth-order valence-electron chi connectivity index (χ4n) is 2.85. The number of anilines is 1. The minimum atomic E-state index is -0.496. The van der Waals surface area contributed by atoms with Crippen LogP contribution in [-0.2, 0) is 4.79 Å². The number of aromatic nitrogens is 3. The van der Waals surface area contributed by atoms with Crippen LogP contribution in [0.1, 0.15) is 30.7 Å². The van der Waals surface area contributed by atoms with Gasteiger partial charge in [-0.15, -0.1) is 0 Å². The van der Waals surface area contributed by atoms with E-state index in [0.29, 0.717) is 24.5 Å². The molecule has 132 valence electrons. The van der Waals surface area contributed by atoms with Gasteiger partial charge < -0.3 is 16.0 Å². The van der Waals surface area contributed by atoms with E-state index in [1.807, 2.05) is 19.9 Å². The summed E-state index contributed by atoms with van der Waals surface area (Å²) in [5.41, 5.74) is 2.46. The predicted octanol–water partition coefficient (Wildman–Crippen LogP) is 1.67. The molecule has 3 amide bonds. The van der Waals surface area contributed by atoms with Crippen LogP contribution in [0.3, 0.4) is 0 Å². The van der Waals surface area contributed by atoms with Gasteiger partial charge in [-0.1, -0.05) is 0 Å². The van der Waals surface area contributed by atoms with Gasteiger partial charge in [-0.3, -0.25) is 4.79 Å². The number of amides is 3. The molecule has 0 aromatic carbocycles. The van der Waals surface area contributed by atoms with Crippen LogP contribution in [0.5, 0.6) is 0 Å². The van der Waals surface area contributed by atoms with E-state index in [9.17, 15) is 9.59 Å². The van der Waals surface area contributed by atoms with Crippen molar-refractivity contribution in [3.8, 4) is 5.82 Å². The summed E-state index contributed by atoms with van der Waals surface area (Å²) in [5, 5.41) is 12.6. The topological polar surface area (TPSA) is 101 Å². The molecule has 3 heterocycles. The van der Waals surface area contributed by atoms with Gasteiger partial charge in [-0.05, 0) is 51.3 Å². The predicted molar refractivity (Wildman–Crippen MR) is 93.6 cm³/mol. The minimum Gasteiger partial charge on any atom is -0.354 e. The number of carbonyl (C=O) groups excluding carboxylic acids is 2. The van der Waals surface area contributed by atoms with E-state index in [1.54, 1.807) is 23.0 Å². The van der Waals surface area contributed by atoms with Crippen molar-refractivity contribution in [2.75, 3.05) is 11.9 Å². The summed E-state index contributed by atoms with van der Waals surface area (Å²) in [6, 6.07) is 4.60. The Morgan fingerprint density at radius 3 is 2.84 bits per heavy atom. The van der Waals surface area contributed by atoms with Crippen LogP contribution in [0.2, 0.25) is 0 Å². The number of nitrogens with zero attached hydrogens (tertiary/aromatic N) is 3. The Bertz CT molecular complexity index is 768. The van der Waals surface area contributed by atoms with Gasteiger partial charge >= 0.3 is 6.03 Å². The maximum absolute atomic E-state index is 12.1. The Kier molecular flexibility index (Phi) is 4.97. The Morgan fingerprint density at radius 2 is 2.16 bits per heavy atom. The molecule has 3 rings (SSSR count). The summed E-state index contributed by atoms with van der Waals surface area (Å²) >= 11 is 0. The van der Waals surface area contributed by atoms with E-state index < -0.39 is 12.1 Å². The summed E-state index contributed by atoms with van der Waals surface area (Å²) in [6.07, 6.45) is 4.05. The Hall–Kier alpha value is -2.90. The van der Waals surface area contributed by atoms with Crippen LogP contribution >= 0.6 is 0 Å². The average molecular weight is 342 g/mol. The van der Waals surface area contributed by atoms with Crippen LogP contribution in [0.25, 0.3) is 5.82 Å². The molecule has 3 N–H and O–H groups in total. The number of aryl methyl sites for hydroxylation is 2. The quantitative estimate of drug-likeness (QED) is 0.790. The number of nitrogens with one attached hydrogen (secondary N) is 3. The number of pyridine rings is 1. The normalized spacial score (nSPS) is 17.5. The maximum atomic E-state index is 12.1. The van der Waals surface area contributed by atoms with Crippen molar-refractivity contribution in [1.29, 1.82) is 0 Å². The monoisotopic (exact) mass is 342 g/mol. The number of urea groups is 1. The molecule has 0 unspecified atom stereocenters. The zero-order valence-electron chi connectivity index (χ0n) is 14.4. The van der Waals surface area contributed by atoms with E-state index >= 15 is 0 Å². The average Bonchev–Trinajstić information content (AvgIpc) is 2.78. The van der Waals surface area contributed by atoms with Gasteiger partial charge in [0.25, 0.3) is 0 Å². The van der Waals surface area contributed by atoms with Crippen LogP contribution in [0.15, 0.2) is 24.4 Å². The molecule has 0 aliphatic carbocycles. The fourth-order valence-corrected chi connectivity index (χ4v) is 2.85. The number of carbonyl (C=O) groups is 2. The van der Waals surface area contributed by atoms with Gasteiger partial charge in [0.1, 0.15) is 6.04 Å². The Morgan fingerprint density at radius 1 is 1.32 bits per heavy atom. The number of hydrogen-bond donors (Lipinski definition) is 3. The van der Waals surface area contributed by atoms with Gasteiger partial charge in [0.2, 0.25) is 5.91 Å². The lowest BCUT2D eigenvalue weighted by atomic mass is 10.1. The highest BCUT2D eigenvalue weighted by Crippen LogP contribution is 2.13. The molecular weight excluding hydrogens is 320 g/mol. The van der Waals surface area contributed by atoms with Gasteiger partial charge in [-0.25, -0.2) is 14.5 Å². The van der Waals surface area contributed by atoms with E-state index in [1.165, 1.54) is 0 Å². The van der Waals surface area contributed by atoms with Gasteiger partial charge in [0.05, 0.1) is 17.6 Å². The van der Waals surface area contributed by atoms with E-state index in [4.69, 9.17) is 0 Å². The molecule has 1 saturated heterocycles. The lowest BCUT2D eigenvalue weighted by molar-refractivity contribution is -0.122. The number of rotatable bonds is 3. The highest BCUT2D eigenvalue weighted by molar-refractivity contribution is 5.93. The van der Waals surface area contributed by atoms with E-state index in [0.717, 1.165) is 24.2 Å². The highest BCUT2D eigenvalue weighted by atomic mass is 16.2. The second-order valence-electron chi connectivity index (χ2n) is 6.18. The fraction of sp³-hybridized carbons (Fsp3) is 0.412. The lowest BCUT2D eigenvalue weighted by Crippen LogP contribution is -2.47. The number of hydrogen-bond acceptors (Lipinski definition) is 4. The molecule has 0 bridgehead atoms. The van der Waals surface area contributed by atoms with Gasteiger partial charge in [0, 0.05) is 12.2 Å². The van der Waals surface area contributed by atoms with Crippen molar-refractivity contribution in [3.05, 3.63) is 35.8 Å². The van der Waals surface area contributed by atoms with E-state index in [2.05, 4.69) is 26.0 Å². The smallest absolute Gasteiger partial charge is 0.319 e. The molecule has 0 spiro atoms. The van der Waals surface area contributed by atoms with Crippen molar-refractivity contribution in [1.82, 2.24) is 25.4 Å². The summed E-state index contributed by atoms with van der Waals surface area (Å²) in [4.78, 5) is 28.3. The van der Waals surface area contributed by atoms with Crippen LogP contribution < -0.4 is 16.0 Å². The van der Waals surface area contributed by atoms with E-state index in [-0.39, 0.29) is 5.91 Å². The first kappa shape index (κ1) is 16.9. The molecule has 2 aromatic heterocycles. The molecular formula is C17H22N6O2. The Balaban J connectivity index is 1.62. The second kappa shape index (κ2) is 7.33. The van der Waals surface area contributed by atoms with Gasteiger partial charge in [-0.2, -0.15) is 5.10 Å². The zero-order valence-corrected chi connectivity index (χ0v) is 14.4. The third-order valence-electron chi connectivity index (χ3n) is 4.07. The van der Waals surface area contributed by atoms with Crippen molar-refractivity contribution >= 4 is 17.6 Å². The molecule has 0 radical (unpaired) electrons. The van der Waals surface area contributed by atoms with Crippen molar-refractivity contribution in [2.24, 2.45) is 0 Å². The minimum absolute atomic E-state index is 0.134. The molecule has 8 nitrogen and oxygen atoms in total. The molecule has 1 atom stereocenters.